The predicted octanol–water partition coefficient (Wildman–Crippen LogP) is 3.39. The summed E-state index contributed by atoms with van der Waals surface area (Å²) in [4.78, 5) is 35.3. The van der Waals surface area contributed by atoms with Crippen LogP contribution in [0.1, 0.15) is 46.8 Å². The molecule has 1 aliphatic heterocycles. The Morgan fingerprint density at radius 3 is 2.71 bits per heavy atom. The highest BCUT2D eigenvalue weighted by Crippen LogP contribution is 2.34. The van der Waals surface area contributed by atoms with Gasteiger partial charge >= 0.3 is 0 Å². The number of carbonyl (C=O) groups excluding carboxylic acids is 2. The zero-order chi connectivity index (χ0) is 26.6. The standard InChI is InChI=1S/C28H28N8O2/c1-18-5-2-3-7-22(18)28(38)31-15-19-8-10-20(11-9-19)25-24-26(30)32-17-33-27(24)36(34-25)21-6-4-14-35(16-21)23(37)12-13-29/h2-3,5,7-11,17,21H,4,6,12,14-16H2,1H3,(H,31,38)(H2,30,32,33). The van der Waals surface area contributed by atoms with Crippen molar-refractivity contribution in [1.82, 2.24) is 30.0 Å². The van der Waals surface area contributed by atoms with Crippen molar-refractivity contribution in [2.45, 2.75) is 38.8 Å². The zero-order valence-electron chi connectivity index (χ0n) is 21.1. The number of aromatic nitrogens is 4. The van der Waals surface area contributed by atoms with Crippen molar-refractivity contribution in [3.63, 3.8) is 0 Å². The number of anilines is 1. The Hall–Kier alpha value is -4.78. The van der Waals surface area contributed by atoms with Gasteiger partial charge in [0.1, 0.15) is 24.3 Å². The van der Waals surface area contributed by atoms with E-state index in [4.69, 9.17) is 16.1 Å². The van der Waals surface area contributed by atoms with Gasteiger partial charge in [-0.05, 0) is 37.0 Å². The van der Waals surface area contributed by atoms with E-state index in [9.17, 15) is 9.59 Å². The molecule has 2 aromatic heterocycles. The van der Waals surface area contributed by atoms with Crippen molar-refractivity contribution >= 4 is 28.7 Å². The van der Waals surface area contributed by atoms with Gasteiger partial charge < -0.3 is 16.0 Å². The Labute approximate surface area is 220 Å². The third kappa shape index (κ3) is 4.91. The van der Waals surface area contributed by atoms with E-state index >= 15 is 0 Å². The molecule has 0 saturated carbocycles. The molecule has 0 bridgehead atoms. The number of nitrogens with two attached hydrogens (primary N) is 1. The lowest BCUT2D eigenvalue weighted by Crippen LogP contribution is -2.40. The van der Waals surface area contributed by atoms with Crippen LogP contribution >= 0.6 is 0 Å². The Balaban J connectivity index is 1.39. The van der Waals surface area contributed by atoms with Crippen LogP contribution in [0.25, 0.3) is 22.3 Å². The fourth-order valence-electron chi connectivity index (χ4n) is 4.90. The number of piperidine rings is 1. The van der Waals surface area contributed by atoms with Crippen LogP contribution in [0.3, 0.4) is 0 Å². The molecule has 1 saturated heterocycles. The van der Waals surface area contributed by atoms with Crippen LogP contribution in [-0.4, -0.2) is 49.6 Å². The average molecular weight is 509 g/mol. The van der Waals surface area contributed by atoms with Gasteiger partial charge in [-0.3, -0.25) is 9.59 Å². The number of aryl methyl sites for hydroxylation is 1. The quantitative estimate of drug-likeness (QED) is 0.406. The number of nitrogen functional groups attached to an aromatic ring is 1. The molecule has 0 radical (unpaired) electrons. The van der Waals surface area contributed by atoms with Crippen LogP contribution in [0.4, 0.5) is 5.82 Å². The normalized spacial score (nSPS) is 15.3. The first-order valence-corrected chi connectivity index (χ1v) is 12.5. The molecule has 38 heavy (non-hydrogen) atoms. The molecule has 192 valence electrons. The highest BCUT2D eigenvalue weighted by Gasteiger charge is 2.28. The smallest absolute Gasteiger partial charge is 0.251 e. The summed E-state index contributed by atoms with van der Waals surface area (Å²) in [6.45, 7) is 3.39. The minimum atomic E-state index is -0.173. The largest absolute Gasteiger partial charge is 0.383 e. The number of amides is 2. The number of rotatable bonds is 6. The fraction of sp³-hybridized carbons (Fsp3) is 0.286. The van der Waals surface area contributed by atoms with Crippen molar-refractivity contribution in [2.75, 3.05) is 18.8 Å². The molecule has 3 heterocycles. The molecule has 3 N–H and O–H groups in total. The van der Waals surface area contributed by atoms with Gasteiger partial charge in [-0.25, -0.2) is 14.6 Å². The molecule has 1 aliphatic rings. The highest BCUT2D eigenvalue weighted by atomic mass is 16.2. The van der Waals surface area contributed by atoms with Crippen molar-refractivity contribution in [2.24, 2.45) is 0 Å². The lowest BCUT2D eigenvalue weighted by atomic mass is 10.1. The maximum atomic E-state index is 12.6. The van der Waals surface area contributed by atoms with Crippen LogP contribution < -0.4 is 11.1 Å². The molecule has 0 aliphatic carbocycles. The molecule has 2 amide bonds. The maximum Gasteiger partial charge on any atom is 0.251 e. The molecule has 0 spiro atoms. The topological polar surface area (TPSA) is 143 Å². The highest BCUT2D eigenvalue weighted by molar-refractivity contribution is 5.98. The van der Waals surface area contributed by atoms with Crippen LogP contribution in [0.2, 0.25) is 0 Å². The van der Waals surface area contributed by atoms with Crippen LogP contribution in [0.5, 0.6) is 0 Å². The zero-order valence-corrected chi connectivity index (χ0v) is 21.1. The SMILES string of the molecule is Cc1ccccc1C(=O)NCc1ccc(-c2nn(C3CCCN(C(=O)CC#N)C3)c3ncnc(N)c23)cc1. The van der Waals surface area contributed by atoms with Crippen molar-refractivity contribution in [3.05, 3.63) is 71.5 Å². The molecule has 1 atom stereocenters. The summed E-state index contributed by atoms with van der Waals surface area (Å²) in [5.74, 6) is 0.0452. The van der Waals surface area contributed by atoms with E-state index in [0.29, 0.717) is 47.7 Å². The van der Waals surface area contributed by atoms with Crippen molar-refractivity contribution in [3.8, 4) is 17.3 Å². The number of benzene rings is 2. The summed E-state index contributed by atoms with van der Waals surface area (Å²) >= 11 is 0. The number of likely N-dealkylation sites (tertiary alicyclic amines) is 1. The maximum absolute atomic E-state index is 12.6. The van der Waals surface area contributed by atoms with Gasteiger partial charge in [-0.2, -0.15) is 10.4 Å². The minimum absolute atomic E-state index is 0.0899. The van der Waals surface area contributed by atoms with Crippen LogP contribution in [-0.2, 0) is 11.3 Å². The molecular weight excluding hydrogens is 480 g/mol. The first-order valence-electron chi connectivity index (χ1n) is 12.5. The Morgan fingerprint density at radius 1 is 1.16 bits per heavy atom. The average Bonchev–Trinajstić information content (AvgIpc) is 3.33. The number of hydrogen-bond acceptors (Lipinski definition) is 7. The molecule has 1 unspecified atom stereocenters. The first-order chi connectivity index (χ1) is 18.5. The van der Waals surface area contributed by atoms with Gasteiger partial charge in [0, 0.05) is 30.8 Å². The van der Waals surface area contributed by atoms with Crippen molar-refractivity contribution in [1.29, 1.82) is 5.26 Å². The summed E-state index contributed by atoms with van der Waals surface area (Å²) in [5, 5.41) is 17.5. The Bertz CT molecular complexity index is 1540. The molecule has 4 aromatic rings. The molecule has 2 aromatic carbocycles. The summed E-state index contributed by atoms with van der Waals surface area (Å²) < 4.78 is 1.84. The lowest BCUT2D eigenvalue weighted by molar-refractivity contribution is -0.131. The number of fused-ring (bicyclic) bond motifs is 1. The molecule has 10 heteroatoms. The number of hydrogen-bond donors (Lipinski definition) is 2. The second kappa shape index (κ2) is 10.7. The van der Waals surface area contributed by atoms with E-state index in [1.807, 2.05) is 66.2 Å². The molecular formula is C28H28N8O2. The Kier molecular flexibility index (Phi) is 7.00. The number of nitrogens with zero attached hydrogens (tertiary/aromatic N) is 6. The van der Waals surface area contributed by atoms with Gasteiger partial charge in [-0.1, -0.05) is 42.5 Å². The third-order valence-electron chi connectivity index (χ3n) is 6.91. The Morgan fingerprint density at radius 2 is 1.95 bits per heavy atom. The van der Waals surface area contributed by atoms with Gasteiger partial charge in [0.25, 0.3) is 5.91 Å². The summed E-state index contributed by atoms with van der Waals surface area (Å²) in [6, 6.07) is 17.1. The van der Waals surface area contributed by atoms with Gasteiger partial charge in [0.05, 0.1) is 17.5 Å². The van der Waals surface area contributed by atoms with E-state index in [1.165, 1.54) is 6.33 Å². The van der Waals surface area contributed by atoms with Crippen LogP contribution in [0, 0.1) is 18.3 Å². The van der Waals surface area contributed by atoms with E-state index < -0.39 is 0 Å². The van der Waals surface area contributed by atoms with Crippen molar-refractivity contribution < 1.29 is 9.59 Å². The van der Waals surface area contributed by atoms with E-state index in [0.717, 1.165) is 29.5 Å². The number of carbonyl (C=O) groups is 2. The second-order valence-corrected chi connectivity index (χ2v) is 9.42. The summed E-state index contributed by atoms with van der Waals surface area (Å²) in [6.07, 6.45) is 2.92. The number of nitriles is 1. The van der Waals surface area contributed by atoms with E-state index in [1.54, 1.807) is 4.90 Å². The monoisotopic (exact) mass is 508 g/mol. The van der Waals surface area contributed by atoms with E-state index in [-0.39, 0.29) is 24.3 Å². The molecule has 10 nitrogen and oxygen atoms in total. The summed E-state index contributed by atoms with van der Waals surface area (Å²) in [5.41, 5.74) is 10.9. The third-order valence-corrected chi connectivity index (χ3v) is 6.91. The van der Waals surface area contributed by atoms with Gasteiger partial charge in [0.15, 0.2) is 5.65 Å². The predicted molar refractivity (Wildman–Crippen MR) is 143 cm³/mol. The molecule has 1 fully saturated rings. The minimum Gasteiger partial charge on any atom is -0.383 e. The second-order valence-electron chi connectivity index (χ2n) is 9.42. The molecule has 5 rings (SSSR count). The summed E-state index contributed by atoms with van der Waals surface area (Å²) in [7, 11) is 0. The fourth-order valence-corrected chi connectivity index (χ4v) is 4.90. The van der Waals surface area contributed by atoms with Gasteiger partial charge in [-0.15, -0.1) is 0 Å². The lowest BCUT2D eigenvalue weighted by Gasteiger charge is -2.32. The van der Waals surface area contributed by atoms with Crippen LogP contribution in [0.15, 0.2) is 54.9 Å². The van der Waals surface area contributed by atoms with E-state index in [2.05, 4.69) is 15.3 Å². The number of nitrogens with one attached hydrogen (secondary N) is 1. The van der Waals surface area contributed by atoms with Gasteiger partial charge in [0.2, 0.25) is 5.91 Å². The first kappa shape index (κ1) is 24.9.